The van der Waals surface area contributed by atoms with Gasteiger partial charge in [0.1, 0.15) is 5.75 Å². The predicted octanol–water partition coefficient (Wildman–Crippen LogP) is 7.13. The molecule has 0 saturated carbocycles. The van der Waals surface area contributed by atoms with Crippen molar-refractivity contribution in [3.63, 3.8) is 0 Å². The number of benzene rings is 3. The minimum atomic E-state index is -0.181. The third-order valence-corrected chi connectivity index (χ3v) is 5.50. The number of amides is 1. The predicted molar refractivity (Wildman–Crippen MR) is 124 cm³/mol. The maximum Gasteiger partial charge on any atom is 0.262 e. The van der Waals surface area contributed by atoms with E-state index in [2.05, 4.69) is 0 Å². The fourth-order valence-corrected chi connectivity index (χ4v) is 3.85. The summed E-state index contributed by atoms with van der Waals surface area (Å²) >= 11 is 18.5. The van der Waals surface area contributed by atoms with Crippen molar-refractivity contribution in [2.75, 3.05) is 12.0 Å². The SMILES string of the molecule is COc1ccc(/C=C2/C=C(c3ccc(Cl)cc3)N(c3ccc(Cl)cc3Cl)C2=O)cc1. The van der Waals surface area contributed by atoms with Crippen LogP contribution in [-0.4, -0.2) is 13.0 Å². The summed E-state index contributed by atoms with van der Waals surface area (Å²) in [4.78, 5) is 15.0. The number of hydrogen-bond donors (Lipinski definition) is 0. The van der Waals surface area contributed by atoms with Crippen molar-refractivity contribution < 1.29 is 9.53 Å². The second-order valence-corrected chi connectivity index (χ2v) is 7.93. The molecule has 30 heavy (non-hydrogen) atoms. The molecule has 0 bridgehead atoms. The molecule has 1 aliphatic rings. The Hall–Kier alpha value is -2.72. The zero-order chi connectivity index (χ0) is 21.3. The Morgan fingerprint density at radius 3 is 2.17 bits per heavy atom. The minimum absolute atomic E-state index is 0.181. The monoisotopic (exact) mass is 455 g/mol. The lowest BCUT2D eigenvalue weighted by Crippen LogP contribution is -2.25. The van der Waals surface area contributed by atoms with E-state index in [1.54, 1.807) is 42.3 Å². The van der Waals surface area contributed by atoms with E-state index in [0.29, 0.717) is 32.0 Å². The molecule has 0 aromatic heterocycles. The molecule has 0 N–H and O–H groups in total. The minimum Gasteiger partial charge on any atom is -0.497 e. The Kier molecular flexibility index (Phi) is 5.87. The number of halogens is 3. The number of carbonyl (C=O) groups excluding carboxylic acids is 1. The van der Waals surface area contributed by atoms with Crippen LogP contribution in [0.2, 0.25) is 15.1 Å². The largest absolute Gasteiger partial charge is 0.497 e. The van der Waals surface area contributed by atoms with Crippen molar-refractivity contribution in [1.29, 1.82) is 0 Å². The van der Waals surface area contributed by atoms with Crippen LogP contribution in [0.1, 0.15) is 11.1 Å². The number of methoxy groups -OCH3 is 1. The van der Waals surface area contributed by atoms with Gasteiger partial charge in [-0.1, -0.05) is 59.1 Å². The Labute approximate surface area is 189 Å². The second-order valence-electron chi connectivity index (χ2n) is 6.65. The van der Waals surface area contributed by atoms with Crippen molar-refractivity contribution in [2.45, 2.75) is 0 Å². The standard InChI is InChI=1S/C24H16Cl3NO2/c1-30-20-9-2-15(3-10-20)12-17-13-23(16-4-6-18(25)7-5-16)28(24(17)29)22-11-8-19(26)14-21(22)27/h2-14H,1H3/b17-12-. The summed E-state index contributed by atoms with van der Waals surface area (Å²) in [6.45, 7) is 0. The molecule has 3 nitrogen and oxygen atoms in total. The fourth-order valence-electron chi connectivity index (χ4n) is 3.23. The quantitative estimate of drug-likeness (QED) is 0.391. The molecule has 3 aromatic carbocycles. The van der Waals surface area contributed by atoms with Gasteiger partial charge in [-0.2, -0.15) is 0 Å². The van der Waals surface area contributed by atoms with E-state index in [0.717, 1.165) is 16.9 Å². The first-order valence-corrected chi connectivity index (χ1v) is 10.2. The maximum absolute atomic E-state index is 13.4. The average Bonchev–Trinajstić information content (AvgIpc) is 3.05. The van der Waals surface area contributed by atoms with Gasteiger partial charge in [0.25, 0.3) is 5.91 Å². The van der Waals surface area contributed by atoms with Crippen LogP contribution in [-0.2, 0) is 4.79 Å². The van der Waals surface area contributed by atoms with Gasteiger partial charge in [-0.15, -0.1) is 0 Å². The summed E-state index contributed by atoms with van der Waals surface area (Å²) < 4.78 is 5.20. The highest BCUT2D eigenvalue weighted by Gasteiger charge is 2.31. The fraction of sp³-hybridized carbons (Fsp3) is 0.0417. The normalized spacial score (nSPS) is 14.9. The second kappa shape index (κ2) is 8.57. The Bertz CT molecular complexity index is 1170. The van der Waals surface area contributed by atoms with E-state index in [9.17, 15) is 4.79 Å². The first-order chi connectivity index (χ1) is 14.5. The molecular weight excluding hydrogens is 441 g/mol. The third kappa shape index (κ3) is 4.10. The summed E-state index contributed by atoms with van der Waals surface area (Å²) in [5.74, 6) is 0.571. The summed E-state index contributed by atoms with van der Waals surface area (Å²) in [6.07, 6.45) is 3.68. The van der Waals surface area contributed by atoms with E-state index >= 15 is 0 Å². The zero-order valence-corrected chi connectivity index (χ0v) is 18.2. The van der Waals surface area contributed by atoms with Crippen molar-refractivity contribution in [1.82, 2.24) is 0 Å². The zero-order valence-electron chi connectivity index (χ0n) is 15.9. The topological polar surface area (TPSA) is 29.5 Å². The highest BCUT2D eigenvalue weighted by Crippen LogP contribution is 2.39. The molecule has 0 radical (unpaired) electrons. The Balaban J connectivity index is 1.82. The van der Waals surface area contributed by atoms with Crippen molar-refractivity contribution in [3.05, 3.63) is 105 Å². The molecule has 0 fully saturated rings. The lowest BCUT2D eigenvalue weighted by Gasteiger charge is -2.22. The first-order valence-electron chi connectivity index (χ1n) is 9.09. The smallest absolute Gasteiger partial charge is 0.262 e. The molecule has 3 aromatic rings. The highest BCUT2D eigenvalue weighted by atomic mass is 35.5. The van der Waals surface area contributed by atoms with Crippen molar-refractivity contribution >= 4 is 58.2 Å². The molecule has 0 unspecified atom stereocenters. The van der Waals surface area contributed by atoms with Gasteiger partial charge >= 0.3 is 0 Å². The van der Waals surface area contributed by atoms with Gasteiger partial charge in [0.15, 0.2) is 0 Å². The molecular formula is C24H16Cl3NO2. The van der Waals surface area contributed by atoms with Crippen LogP contribution in [0.4, 0.5) is 5.69 Å². The number of carbonyl (C=O) groups is 1. The summed E-state index contributed by atoms with van der Waals surface area (Å²) in [5, 5.41) is 1.51. The van der Waals surface area contributed by atoms with E-state index in [4.69, 9.17) is 39.5 Å². The van der Waals surface area contributed by atoms with Crippen molar-refractivity contribution in [2.24, 2.45) is 0 Å². The maximum atomic E-state index is 13.4. The van der Waals surface area contributed by atoms with E-state index in [-0.39, 0.29) is 5.91 Å². The van der Waals surface area contributed by atoms with Gasteiger partial charge in [-0.25, -0.2) is 0 Å². The summed E-state index contributed by atoms with van der Waals surface area (Å²) in [7, 11) is 1.61. The summed E-state index contributed by atoms with van der Waals surface area (Å²) in [5.41, 5.74) is 3.54. The molecule has 1 aliphatic heterocycles. The van der Waals surface area contributed by atoms with E-state index < -0.39 is 0 Å². The molecule has 1 amide bonds. The van der Waals surface area contributed by atoms with Crippen LogP contribution in [0.15, 0.2) is 78.4 Å². The number of hydrogen-bond acceptors (Lipinski definition) is 2. The van der Waals surface area contributed by atoms with Crippen LogP contribution in [0.5, 0.6) is 5.75 Å². The molecule has 150 valence electrons. The van der Waals surface area contributed by atoms with Gasteiger partial charge in [-0.05, 0) is 65.7 Å². The molecule has 4 rings (SSSR count). The number of anilines is 1. The van der Waals surface area contributed by atoms with Gasteiger partial charge in [0.2, 0.25) is 0 Å². The van der Waals surface area contributed by atoms with E-state index in [1.807, 2.05) is 48.6 Å². The number of ether oxygens (including phenoxy) is 1. The van der Waals surface area contributed by atoms with Crippen LogP contribution in [0.25, 0.3) is 11.8 Å². The van der Waals surface area contributed by atoms with Gasteiger partial charge in [0.05, 0.1) is 23.5 Å². The average molecular weight is 457 g/mol. The Morgan fingerprint density at radius 1 is 0.867 bits per heavy atom. The summed E-state index contributed by atoms with van der Waals surface area (Å²) in [6, 6.07) is 19.9. The number of nitrogens with zero attached hydrogens (tertiary/aromatic N) is 1. The molecule has 6 heteroatoms. The van der Waals surface area contributed by atoms with Crippen LogP contribution in [0.3, 0.4) is 0 Å². The van der Waals surface area contributed by atoms with Gasteiger partial charge < -0.3 is 4.74 Å². The molecule has 1 heterocycles. The first kappa shape index (κ1) is 20.5. The Morgan fingerprint density at radius 2 is 1.53 bits per heavy atom. The number of rotatable bonds is 4. The van der Waals surface area contributed by atoms with Gasteiger partial charge in [0, 0.05) is 15.6 Å². The van der Waals surface area contributed by atoms with Crippen LogP contribution in [0, 0.1) is 0 Å². The molecule has 0 atom stereocenters. The van der Waals surface area contributed by atoms with Crippen molar-refractivity contribution in [3.8, 4) is 5.75 Å². The van der Waals surface area contributed by atoms with E-state index in [1.165, 1.54) is 0 Å². The lowest BCUT2D eigenvalue weighted by molar-refractivity contribution is -0.113. The molecule has 0 saturated heterocycles. The van der Waals surface area contributed by atoms with Crippen LogP contribution < -0.4 is 9.64 Å². The van der Waals surface area contributed by atoms with Crippen LogP contribution >= 0.6 is 34.8 Å². The lowest BCUT2D eigenvalue weighted by atomic mass is 10.1. The highest BCUT2D eigenvalue weighted by molar-refractivity contribution is 6.38. The van der Waals surface area contributed by atoms with Gasteiger partial charge in [-0.3, -0.25) is 9.69 Å². The molecule has 0 aliphatic carbocycles. The molecule has 0 spiro atoms. The third-order valence-electron chi connectivity index (χ3n) is 4.71.